The van der Waals surface area contributed by atoms with Crippen LogP contribution in [0.5, 0.6) is 0 Å². The van der Waals surface area contributed by atoms with Crippen LogP contribution in [0.1, 0.15) is 38.3 Å². The molecule has 0 aliphatic heterocycles. The maximum absolute atomic E-state index is 14.1. The van der Waals surface area contributed by atoms with Gasteiger partial charge in [-0.25, -0.2) is 4.79 Å². The summed E-state index contributed by atoms with van der Waals surface area (Å²) in [5, 5.41) is 0. The van der Waals surface area contributed by atoms with Crippen LogP contribution in [-0.2, 0) is 50.1 Å². The van der Waals surface area contributed by atoms with Crippen molar-refractivity contribution in [1.82, 2.24) is 0 Å². The van der Waals surface area contributed by atoms with Gasteiger partial charge in [0.15, 0.2) is 6.10 Å². The van der Waals surface area contributed by atoms with Crippen molar-refractivity contribution in [2.75, 3.05) is 32.9 Å². The van der Waals surface area contributed by atoms with Gasteiger partial charge in [-0.2, -0.15) is 0 Å². The fraction of sp³-hybridized carbons (Fsp3) is 0.500. The molecule has 0 saturated carbocycles. The molecule has 0 N–H and O–H groups in total. The second kappa shape index (κ2) is 14.3. The molecule has 0 aromatic heterocycles. The van der Waals surface area contributed by atoms with Crippen molar-refractivity contribution < 1.29 is 36.9 Å². The maximum atomic E-state index is 14.1. The molecule has 38 heavy (non-hydrogen) atoms. The van der Waals surface area contributed by atoms with Gasteiger partial charge >= 0.3 is 19.5 Å². The third kappa shape index (κ3) is 9.86. The first-order valence-corrected chi connectivity index (χ1v) is 16.4. The SMILES string of the molecule is COC(=O)C(CC(OS(C)(C)C(C)(C)C)C(=O)OC)CP(=O)(OCc1ccccc1)OCc1ccccc1. The zero-order valence-corrected chi connectivity index (χ0v) is 25.1. The van der Waals surface area contributed by atoms with Gasteiger partial charge in [0.25, 0.3) is 0 Å². The molecule has 2 atom stereocenters. The molecule has 0 radical (unpaired) electrons. The molecule has 2 aromatic rings. The molecule has 0 amide bonds. The van der Waals surface area contributed by atoms with E-state index in [0.717, 1.165) is 11.1 Å². The summed E-state index contributed by atoms with van der Waals surface area (Å²) in [7, 11) is -3.09. The molecule has 0 bridgehead atoms. The molecule has 0 aliphatic rings. The van der Waals surface area contributed by atoms with Gasteiger partial charge in [0, 0.05) is 4.75 Å². The maximum Gasteiger partial charge on any atom is 0.336 e. The predicted octanol–water partition coefficient (Wildman–Crippen LogP) is 6.13. The number of carbonyl (C=O) groups excluding carboxylic acids is 2. The van der Waals surface area contributed by atoms with Gasteiger partial charge in [-0.05, 0) is 30.1 Å². The van der Waals surface area contributed by atoms with E-state index in [9.17, 15) is 14.2 Å². The summed E-state index contributed by atoms with van der Waals surface area (Å²) in [6, 6.07) is 18.5. The van der Waals surface area contributed by atoms with Crippen molar-refractivity contribution >= 4 is 29.8 Å². The minimum atomic E-state index is -3.85. The largest absolute Gasteiger partial charge is 0.469 e. The lowest BCUT2D eigenvalue weighted by atomic mass is 10.0. The first kappa shape index (κ1) is 32.1. The third-order valence-corrected chi connectivity index (χ3v) is 11.9. The Bertz CT molecular complexity index is 1020. The van der Waals surface area contributed by atoms with Crippen LogP contribution < -0.4 is 0 Å². The molecule has 212 valence electrons. The molecular weight excluding hydrogens is 527 g/mol. The van der Waals surface area contributed by atoms with E-state index in [1.54, 1.807) is 0 Å². The molecule has 8 nitrogen and oxygen atoms in total. The molecular formula is C28H41O8PS. The first-order chi connectivity index (χ1) is 17.8. The van der Waals surface area contributed by atoms with Gasteiger partial charge in [0.05, 0.1) is 39.5 Å². The Labute approximate surface area is 228 Å². The number of ether oxygens (including phenoxy) is 2. The number of carbonyl (C=O) groups is 2. The van der Waals surface area contributed by atoms with Crippen molar-refractivity contribution in [2.45, 2.75) is 51.3 Å². The number of methoxy groups -OCH3 is 2. The molecule has 2 aromatic carbocycles. The average molecular weight is 569 g/mol. The highest BCUT2D eigenvalue weighted by atomic mass is 32.3. The second-order valence-corrected chi connectivity index (χ2v) is 16.2. The molecule has 2 rings (SSSR count). The highest BCUT2D eigenvalue weighted by Crippen LogP contribution is 2.56. The Morgan fingerprint density at radius 2 is 1.26 bits per heavy atom. The summed E-state index contributed by atoms with van der Waals surface area (Å²) >= 11 is 0. The summed E-state index contributed by atoms with van der Waals surface area (Å²) in [4.78, 5) is 25.6. The first-order valence-electron chi connectivity index (χ1n) is 12.3. The van der Waals surface area contributed by atoms with Gasteiger partial charge in [-0.3, -0.25) is 9.36 Å². The van der Waals surface area contributed by atoms with Crippen molar-refractivity contribution in [3.63, 3.8) is 0 Å². The Hall–Kier alpha value is -2.16. The van der Waals surface area contributed by atoms with Crippen LogP contribution in [0.4, 0.5) is 0 Å². The monoisotopic (exact) mass is 568 g/mol. The van der Waals surface area contributed by atoms with Gasteiger partial charge in [0.1, 0.15) is 0 Å². The lowest BCUT2D eigenvalue weighted by Crippen LogP contribution is -2.37. The zero-order valence-electron chi connectivity index (χ0n) is 23.4. The van der Waals surface area contributed by atoms with Crippen LogP contribution in [0.15, 0.2) is 60.7 Å². The van der Waals surface area contributed by atoms with Crippen LogP contribution in [0.3, 0.4) is 0 Å². The van der Waals surface area contributed by atoms with Crippen LogP contribution >= 0.6 is 17.9 Å². The summed E-state index contributed by atoms with van der Waals surface area (Å²) in [6.45, 7) is 6.13. The third-order valence-electron chi connectivity index (χ3n) is 6.31. The molecule has 0 spiro atoms. The van der Waals surface area contributed by atoms with Crippen LogP contribution in [0, 0.1) is 5.92 Å². The zero-order chi connectivity index (χ0) is 28.4. The van der Waals surface area contributed by atoms with Gasteiger partial charge in [-0.15, -0.1) is 10.3 Å². The summed E-state index contributed by atoms with van der Waals surface area (Å²) in [5.41, 5.74) is 1.61. The summed E-state index contributed by atoms with van der Waals surface area (Å²) in [5.74, 6) is -2.26. The molecule has 0 heterocycles. The second-order valence-electron chi connectivity index (χ2n) is 10.2. The summed E-state index contributed by atoms with van der Waals surface area (Å²) < 4.78 is 41.8. The fourth-order valence-electron chi connectivity index (χ4n) is 3.32. The van der Waals surface area contributed by atoms with E-state index >= 15 is 0 Å². The van der Waals surface area contributed by atoms with Gasteiger partial charge < -0.3 is 22.7 Å². The molecule has 10 heteroatoms. The Balaban J connectivity index is 2.33. The van der Waals surface area contributed by atoms with E-state index in [-0.39, 0.29) is 30.5 Å². The highest BCUT2D eigenvalue weighted by molar-refractivity contribution is 8.29. The Kier molecular flexibility index (Phi) is 12.1. The van der Waals surface area contributed by atoms with Crippen molar-refractivity contribution in [2.24, 2.45) is 5.92 Å². The number of hydrogen-bond acceptors (Lipinski definition) is 8. The fourth-order valence-corrected chi connectivity index (χ4v) is 6.16. The van der Waals surface area contributed by atoms with Crippen molar-refractivity contribution in [1.29, 1.82) is 0 Å². The van der Waals surface area contributed by atoms with Gasteiger partial charge in [-0.1, -0.05) is 81.4 Å². The lowest BCUT2D eigenvalue weighted by Gasteiger charge is -2.45. The molecule has 0 saturated heterocycles. The number of rotatable bonds is 14. The minimum Gasteiger partial charge on any atom is -0.469 e. The average Bonchev–Trinajstić information content (AvgIpc) is 2.89. The minimum absolute atomic E-state index is 0.0267. The number of benzene rings is 2. The predicted molar refractivity (Wildman–Crippen MR) is 151 cm³/mol. The summed E-state index contributed by atoms with van der Waals surface area (Å²) in [6.07, 6.45) is 2.45. The number of hydrogen-bond donors (Lipinski definition) is 0. The van der Waals surface area contributed by atoms with E-state index in [2.05, 4.69) is 0 Å². The topological polar surface area (TPSA) is 97.4 Å². The van der Waals surface area contributed by atoms with Crippen LogP contribution in [0.25, 0.3) is 0 Å². The smallest absolute Gasteiger partial charge is 0.336 e. The van der Waals surface area contributed by atoms with Crippen molar-refractivity contribution in [3.05, 3.63) is 71.8 Å². The molecule has 0 aliphatic carbocycles. The Morgan fingerprint density at radius 1 is 0.816 bits per heavy atom. The highest BCUT2D eigenvalue weighted by Gasteiger charge is 2.40. The quantitative estimate of drug-likeness (QED) is 0.198. The lowest BCUT2D eigenvalue weighted by molar-refractivity contribution is -0.151. The van der Waals surface area contributed by atoms with Gasteiger partial charge in [0.2, 0.25) is 0 Å². The van der Waals surface area contributed by atoms with E-state index in [4.69, 9.17) is 22.7 Å². The standard InChI is InChI=1S/C28H41O8PS/c1-28(2,3)38(6,7)36-25(27(30)33-5)18-24(26(29)32-4)21-37(31,34-19-22-14-10-8-11-15-22)35-20-23-16-12-9-13-17-23/h8-17,24-25H,18-21H2,1-7H3. The number of esters is 2. The molecule has 2 unspecified atom stereocenters. The van der Waals surface area contributed by atoms with Crippen molar-refractivity contribution in [3.8, 4) is 0 Å². The van der Waals surface area contributed by atoms with E-state index in [1.807, 2.05) is 93.9 Å². The van der Waals surface area contributed by atoms with Crippen LogP contribution in [-0.4, -0.2) is 55.7 Å². The van der Waals surface area contributed by atoms with Crippen LogP contribution in [0.2, 0.25) is 0 Å². The normalized spacial score (nSPS) is 14.4. The van der Waals surface area contributed by atoms with E-state index in [1.165, 1.54) is 14.2 Å². The van der Waals surface area contributed by atoms with E-state index < -0.39 is 41.9 Å². The molecule has 0 fully saturated rings. The Morgan fingerprint density at radius 3 is 1.66 bits per heavy atom. The van der Waals surface area contributed by atoms with E-state index in [0.29, 0.717) is 0 Å².